The van der Waals surface area contributed by atoms with E-state index in [0.717, 1.165) is 29.4 Å². The van der Waals surface area contributed by atoms with Crippen LogP contribution in [0.4, 0.5) is 23.0 Å². The molecular weight excluding hydrogens is 417 g/mol. The number of halogens is 3. The number of aromatic nitrogens is 3. The summed E-state index contributed by atoms with van der Waals surface area (Å²) < 4.78 is 42.2. The normalized spacial score (nSPS) is 17.0. The Kier molecular flexibility index (Phi) is 5.64. The number of hydrogen-bond donors (Lipinski definition) is 2. The molecule has 2 amide bonds. The van der Waals surface area contributed by atoms with Crippen LogP contribution in [0.5, 0.6) is 0 Å². The lowest BCUT2D eigenvalue weighted by Gasteiger charge is -2.35. The van der Waals surface area contributed by atoms with E-state index in [9.17, 15) is 18.0 Å². The molecule has 7 nitrogen and oxygen atoms in total. The van der Waals surface area contributed by atoms with Crippen LogP contribution in [-0.2, 0) is 6.18 Å². The van der Waals surface area contributed by atoms with Gasteiger partial charge in [0.15, 0.2) is 0 Å². The summed E-state index contributed by atoms with van der Waals surface area (Å²) in [6.07, 6.45) is -2.74. The van der Waals surface area contributed by atoms with Crippen molar-refractivity contribution < 1.29 is 18.0 Å². The zero-order valence-electron chi connectivity index (χ0n) is 15.6. The molecule has 0 aliphatic carbocycles. The second-order valence-corrected chi connectivity index (χ2v) is 7.38. The number of hydrogen-bond acceptors (Lipinski definition) is 6. The summed E-state index contributed by atoms with van der Waals surface area (Å²) in [5.41, 5.74) is 0.782. The van der Waals surface area contributed by atoms with Crippen molar-refractivity contribution in [2.24, 2.45) is 0 Å². The van der Waals surface area contributed by atoms with E-state index in [4.69, 9.17) is 0 Å². The highest BCUT2D eigenvalue weighted by Crippen LogP contribution is 2.34. The Bertz CT molecular complexity index is 1010. The maximum atomic E-state index is 13.0. The molecule has 4 rings (SSSR count). The molecule has 30 heavy (non-hydrogen) atoms. The Labute approximate surface area is 174 Å². The second-order valence-electron chi connectivity index (χ2n) is 6.62. The van der Waals surface area contributed by atoms with Crippen LogP contribution >= 0.6 is 11.5 Å². The number of rotatable bonds is 3. The van der Waals surface area contributed by atoms with Crippen molar-refractivity contribution in [1.29, 1.82) is 0 Å². The van der Waals surface area contributed by atoms with Gasteiger partial charge in [0.25, 0.3) is 0 Å². The third-order valence-electron chi connectivity index (χ3n) is 4.73. The van der Waals surface area contributed by atoms with Gasteiger partial charge >= 0.3 is 12.2 Å². The van der Waals surface area contributed by atoms with Gasteiger partial charge in [-0.1, -0.05) is 22.7 Å². The number of alkyl halides is 3. The highest BCUT2D eigenvalue weighted by Gasteiger charge is 2.31. The summed E-state index contributed by atoms with van der Waals surface area (Å²) in [5, 5.41) is 10.4. The monoisotopic (exact) mass is 434 g/mol. The SMILES string of the molecule is O=C(Nc1snnc1-c1ccc(C(F)(F)F)cc1)N1CCNCC1c1ccccn1. The lowest BCUT2D eigenvalue weighted by molar-refractivity contribution is -0.137. The predicted octanol–water partition coefficient (Wildman–Crippen LogP) is 3.80. The van der Waals surface area contributed by atoms with Crippen LogP contribution in [0.15, 0.2) is 48.7 Å². The molecular formula is C19H17F3N6OS. The van der Waals surface area contributed by atoms with Crippen molar-refractivity contribution in [3.05, 3.63) is 59.9 Å². The average molecular weight is 434 g/mol. The first-order valence-electron chi connectivity index (χ1n) is 9.13. The van der Waals surface area contributed by atoms with E-state index in [2.05, 4.69) is 25.2 Å². The molecule has 2 aromatic heterocycles. The van der Waals surface area contributed by atoms with Gasteiger partial charge in [-0.15, -0.1) is 5.10 Å². The standard InChI is InChI=1S/C19H17F3N6OS/c20-19(21,22)13-6-4-12(5-7-13)16-17(30-27-26-16)25-18(29)28-10-9-23-11-15(28)14-3-1-2-8-24-14/h1-8,15,23H,9-11H2,(H,25,29). The maximum absolute atomic E-state index is 13.0. The third-order valence-corrected chi connectivity index (χ3v) is 5.37. The van der Waals surface area contributed by atoms with Gasteiger partial charge in [0.1, 0.15) is 10.7 Å². The lowest BCUT2D eigenvalue weighted by Crippen LogP contribution is -2.50. The van der Waals surface area contributed by atoms with Crippen LogP contribution in [-0.4, -0.2) is 45.1 Å². The molecule has 3 aromatic rings. The highest BCUT2D eigenvalue weighted by atomic mass is 32.1. The van der Waals surface area contributed by atoms with Gasteiger partial charge in [0, 0.05) is 42.9 Å². The number of pyridine rings is 1. The van der Waals surface area contributed by atoms with E-state index in [0.29, 0.717) is 35.9 Å². The molecule has 1 aliphatic rings. The van der Waals surface area contributed by atoms with Crippen LogP contribution in [0.25, 0.3) is 11.3 Å². The van der Waals surface area contributed by atoms with Gasteiger partial charge in [-0.2, -0.15) is 13.2 Å². The lowest BCUT2D eigenvalue weighted by atomic mass is 10.1. The van der Waals surface area contributed by atoms with E-state index < -0.39 is 11.7 Å². The van der Waals surface area contributed by atoms with Gasteiger partial charge < -0.3 is 10.2 Å². The van der Waals surface area contributed by atoms with E-state index in [1.807, 2.05) is 18.2 Å². The smallest absolute Gasteiger partial charge is 0.313 e. The fourth-order valence-corrected chi connectivity index (χ4v) is 3.81. The number of benzene rings is 1. The summed E-state index contributed by atoms with van der Waals surface area (Å²) in [7, 11) is 0. The number of carbonyl (C=O) groups excluding carboxylic acids is 1. The van der Waals surface area contributed by atoms with Crippen LogP contribution in [0.3, 0.4) is 0 Å². The van der Waals surface area contributed by atoms with Gasteiger partial charge in [0.05, 0.1) is 17.3 Å². The molecule has 1 unspecified atom stereocenters. The number of anilines is 1. The van der Waals surface area contributed by atoms with Gasteiger partial charge in [-0.3, -0.25) is 10.3 Å². The quantitative estimate of drug-likeness (QED) is 0.655. The Hall–Kier alpha value is -3.05. The minimum atomic E-state index is -4.42. The van der Waals surface area contributed by atoms with Crippen molar-refractivity contribution in [2.45, 2.75) is 12.2 Å². The number of nitrogens with zero attached hydrogens (tertiary/aromatic N) is 4. The highest BCUT2D eigenvalue weighted by molar-refractivity contribution is 7.10. The topological polar surface area (TPSA) is 83.0 Å². The minimum Gasteiger partial charge on any atom is -0.313 e. The van der Waals surface area contributed by atoms with Crippen LogP contribution in [0, 0.1) is 0 Å². The predicted molar refractivity (Wildman–Crippen MR) is 106 cm³/mol. The third kappa shape index (κ3) is 4.26. The molecule has 1 fully saturated rings. The molecule has 0 spiro atoms. The Morgan fingerprint density at radius 3 is 2.70 bits per heavy atom. The first kappa shape index (κ1) is 20.2. The summed E-state index contributed by atoms with van der Waals surface area (Å²) in [6, 6.07) is 9.54. The van der Waals surface area contributed by atoms with Crippen LogP contribution in [0.2, 0.25) is 0 Å². The van der Waals surface area contributed by atoms with Crippen molar-refractivity contribution in [2.75, 3.05) is 25.0 Å². The molecule has 0 saturated carbocycles. The second kappa shape index (κ2) is 8.36. The van der Waals surface area contributed by atoms with E-state index in [1.165, 1.54) is 12.1 Å². The van der Waals surface area contributed by atoms with Crippen molar-refractivity contribution in [3.63, 3.8) is 0 Å². The first-order valence-corrected chi connectivity index (χ1v) is 9.90. The van der Waals surface area contributed by atoms with Gasteiger partial charge in [-0.05, 0) is 24.3 Å². The molecule has 2 N–H and O–H groups in total. The number of amides is 2. The molecule has 11 heteroatoms. The molecule has 1 atom stereocenters. The maximum Gasteiger partial charge on any atom is 0.416 e. The molecule has 1 aliphatic heterocycles. The Morgan fingerprint density at radius 2 is 2.00 bits per heavy atom. The average Bonchev–Trinajstić information content (AvgIpc) is 3.22. The number of carbonyl (C=O) groups is 1. The molecule has 0 bridgehead atoms. The minimum absolute atomic E-state index is 0.240. The summed E-state index contributed by atoms with van der Waals surface area (Å²) in [4.78, 5) is 19.0. The molecule has 1 saturated heterocycles. The largest absolute Gasteiger partial charge is 0.416 e. The summed E-state index contributed by atoms with van der Waals surface area (Å²) in [6.45, 7) is 1.69. The zero-order valence-corrected chi connectivity index (χ0v) is 16.4. The first-order chi connectivity index (χ1) is 14.4. The Morgan fingerprint density at radius 1 is 1.20 bits per heavy atom. The van der Waals surface area contributed by atoms with Crippen molar-refractivity contribution in [3.8, 4) is 11.3 Å². The molecule has 0 radical (unpaired) electrons. The zero-order chi connectivity index (χ0) is 21.1. The number of urea groups is 1. The van der Waals surface area contributed by atoms with Gasteiger partial charge in [-0.25, -0.2) is 4.79 Å². The number of piperazine rings is 1. The van der Waals surface area contributed by atoms with Crippen LogP contribution < -0.4 is 10.6 Å². The number of nitrogens with one attached hydrogen (secondary N) is 2. The van der Waals surface area contributed by atoms with Gasteiger partial charge in [0.2, 0.25) is 0 Å². The molecule has 3 heterocycles. The summed E-state index contributed by atoms with van der Waals surface area (Å²) >= 11 is 0.970. The van der Waals surface area contributed by atoms with Crippen molar-refractivity contribution >= 4 is 22.6 Å². The fraction of sp³-hybridized carbons (Fsp3) is 0.263. The summed E-state index contributed by atoms with van der Waals surface area (Å²) in [5.74, 6) is 0. The van der Waals surface area contributed by atoms with E-state index >= 15 is 0 Å². The van der Waals surface area contributed by atoms with Crippen LogP contribution in [0.1, 0.15) is 17.3 Å². The van der Waals surface area contributed by atoms with E-state index in [-0.39, 0.29) is 12.1 Å². The molecule has 1 aromatic carbocycles. The molecule has 156 valence electrons. The Balaban J connectivity index is 1.54. The van der Waals surface area contributed by atoms with E-state index in [1.54, 1.807) is 11.1 Å². The fourth-order valence-electron chi connectivity index (χ4n) is 3.23. The van der Waals surface area contributed by atoms with Crippen molar-refractivity contribution in [1.82, 2.24) is 24.8 Å².